The molecule has 0 saturated heterocycles. The van der Waals surface area contributed by atoms with Gasteiger partial charge < -0.3 is 11.1 Å². The Morgan fingerprint density at radius 1 is 1.29 bits per heavy atom. The van der Waals surface area contributed by atoms with Crippen LogP contribution in [0.5, 0.6) is 0 Å². The molecule has 3 N–H and O–H groups in total. The molecule has 0 heterocycles. The van der Waals surface area contributed by atoms with Crippen molar-refractivity contribution in [3.05, 3.63) is 35.9 Å². The Morgan fingerprint density at radius 3 is 2.53 bits per heavy atom. The SMILES string of the molecule is CC(CC(N)=O)NCCC(C)c1ccccc1. The molecule has 3 heteroatoms. The molecule has 94 valence electrons. The van der Waals surface area contributed by atoms with Crippen LogP contribution in [0, 0.1) is 0 Å². The van der Waals surface area contributed by atoms with E-state index < -0.39 is 0 Å². The molecule has 0 aromatic heterocycles. The molecule has 17 heavy (non-hydrogen) atoms. The van der Waals surface area contributed by atoms with E-state index in [-0.39, 0.29) is 11.9 Å². The van der Waals surface area contributed by atoms with Crippen molar-refractivity contribution in [1.82, 2.24) is 5.32 Å². The van der Waals surface area contributed by atoms with E-state index in [0.29, 0.717) is 12.3 Å². The smallest absolute Gasteiger partial charge is 0.218 e. The average Bonchev–Trinajstić information content (AvgIpc) is 2.29. The third-order valence-corrected chi connectivity index (χ3v) is 2.95. The van der Waals surface area contributed by atoms with Crippen molar-refractivity contribution in [2.75, 3.05) is 6.54 Å². The van der Waals surface area contributed by atoms with Crippen molar-refractivity contribution in [1.29, 1.82) is 0 Å². The first-order valence-electron chi connectivity index (χ1n) is 6.16. The van der Waals surface area contributed by atoms with Crippen LogP contribution in [-0.2, 0) is 4.79 Å². The van der Waals surface area contributed by atoms with Gasteiger partial charge in [-0.25, -0.2) is 0 Å². The summed E-state index contributed by atoms with van der Waals surface area (Å²) in [4.78, 5) is 10.7. The Kier molecular flexibility index (Phi) is 5.70. The van der Waals surface area contributed by atoms with Crippen LogP contribution in [0.15, 0.2) is 30.3 Å². The van der Waals surface area contributed by atoms with Crippen molar-refractivity contribution >= 4 is 5.91 Å². The van der Waals surface area contributed by atoms with Gasteiger partial charge in [0.15, 0.2) is 0 Å². The summed E-state index contributed by atoms with van der Waals surface area (Å²) in [6.07, 6.45) is 1.47. The number of nitrogens with one attached hydrogen (secondary N) is 1. The Labute approximate surface area is 103 Å². The number of rotatable bonds is 7. The van der Waals surface area contributed by atoms with Gasteiger partial charge in [-0.05, 0) is 31.4 Å². The first kappa shape index (κ1) is 13.7. The number of hydrogen-bond acceptors (Lipinski definition) is 2. The molecule has 0 spiro atoms. The maximum atomic E-state index is 10.7. The van der Waals surface area contributed by atoms with Gasteiger partial charge in [-0.15, -0.1) is 0 Å². The first-order valence-corrected chi connectivity index (χ1v) is 6.16. The highest BCUT2D eigenvalue weighted by Gasteiger charge is 2.07. The molecule has 1 aromatic carbocycles. The number of nitrogens with two attached hydrogens (primary N) is 1. The van der Waals surface area contributed by atoms with E-state index in [4.69, 9.17) is 5.73 Å². The highest BCUT2D eigenvalue weighted by atomic mass is 16.1. The molecule has 1 amide bonds. The summed E-state index contributed by atoms with van der Waals surface area (Å²) >= 11 is 0. The van der Waals surface area contributed by atoms with Gasteiger partial charge in [0.1, 0.15) is 0 Å². The van der Waals surface area contributed by atoms with Gasteiger partial charge in [0.25, 0.3) is 0 Å². The molecule has 1 aromatic rings. The fourth-order valence-corrected chi connectivity index (χ4v) is 1.87. The molecular formula is C14H22N2O. The lowest BCUT2D eigenvalue weighted by Crippen LogP contribution is -2.32. The molecule has 0 radical (unpaired) electrons. The quantitative estimate of drug-likeness (QED) is 0.758. The van der Waals surface area contributed by atoms with Crippen molar-refractivity contribution in [3.63, 3.8) is 0 Å². The topological polar surface area (TPSA) is 55.1 Å². The summed E-state index contributed by atoms with van der Waals surface area (Å²) in [5.41, 5.74) is 6.50. The minimum atomic E-state index is -0.249. The monoisotopic (exact) mass is 234 g/mol. The Balaban J connectivity index is 2.25. The first-order chi connectivity index (χ1) is 8.09. The zero-order chi connectivity index (χ0) is 12.7. The maximum absolute atomic E-state index is 10.7. The predicted octanol–water partition coefficient (Wildman–Crippen LogP) is 2.03. The van der Waals surface area contributed by atoms with E-state index in [2.05, 4.69) is 36.5 Å². The summed E-state index contributed by atoms with van der Waals surface area (Å²) in [5.74, 6) is 0.283. The third-order valence-electron chi connectivity index (χ3n) is 2.95. The van der Waals surface area contributed by atoms with Gasteiger partial charge in [0.05, 0.1) is 0 Å². The molecule has 0 bridgehead atoms. The summed E-state index contributed by atoms with van der Waals surface area (Å²) in [7, 11) is 0. The van der Waals surface area contributed by atoms with Gasteiger partial charge in [0, 0.05) is 12.5 Å². The van der Waals surface area contributed by atoms with E-state index in [1.807, 2.05) is 13.0 Å². The van der Waals surface area contributed by atoms with Gasteiger partial charge in [-0.1, -0.05) is 37.3 Å². The summed E-state index contributed by atoms with van der Waals surface area (Å²) in [6.45, 7) is 5.11. The lowest BCUT2D eigenvalue weighted by atomic mass is 9.98. The molecule has 0 fully saturated rings. The second-order valence-electron chi connectivity index (χ2n) is 4.63. The highest BCUT2D eigenvalue weighted by Crippen LogP contribution is 2.17. The fourth-order valence-electron chi connectivity index (χ4n) is 1.87. The van der Waals surface area contributed by atoms with E-state index in [9.17, 15) is 4.79 Å². The van der Waals surface area contributed by atoms with Crippen LogP contribution in [0.1, 0.15) is 38.2 Å². The zero-order valence-corrected chi connectivity index (χ0v) is 10.6. The lowest BCUT2D eigenvalue weighted by molar-refractivity contribution is -0.118. The standard InChI is InChI=1S/C14H22N2O/c1-11(13-6-4-3-5-7-13)8-9-16-12(2)10-14(15)17/h3-7,11-12,16H,8-10H2,1-2H3,(H2,15,17). The Bertz CT molecular complexity index is 337. The lowest BCUT2D eigenvalue weighted by Gasteiger charge is -2.15. The normalized spacial score (nSPS) is 14.2. The molecule has 2 atom stereocenters. The second-order valence-corrected chi connectivity index (χ2v) is 4.63. The molecule has 1 rings (SSSR count). The summed E-state index contributed by atoms with van der Waals surface area (Å²) in [5, 5.41) is 3.31. The molecule has 2 unspecified atom stereocenters. The average molecular weight is 234 g/mol. The number of primary amides is 1. The van der Waals surface area contributed by atoms with Crippen molar-refractivity contribution in [3.8, 4) is 0 Å². The van der Waals surface area contributed by atoms with Crippen molar-refractivity contribution in [2.24, 2.45) is 5.73 Å². The predicted molar refractivity (Wildman–Crippen MR) is 70.8 cm³/mol. The molecule has 0 aliphatic heterocycles. The number of carbonyl (C=O) groups excluding carboxylic acids is 1. The Hall–Kier alpha value is -1.35. The van der Waals surface area contributed by atoms with E-state index in [1.54, 1.807) is 0 Å². The van der Waals surface area contributed by atoms with Crippen LogP contribution in [-0.4, -0.2) is 18.5 Å². The van der Waals surface area contributed by atoms with Crippen LogP contribution in [0.3, 0.4) is 0 Å². The van der Waals surface area contributed by atoms with Gasteiger partial charge in [-0.3, -0.25) is 4.79 Å². The van der Waals surface area contributed by atoms with Crippen molar-refractivity contribution in [2.45, 2.75) is 38.6 Å². The number of benzene rings is 1. The Morgan fingerprint density at radius 2 is 1.94 bits per heavy atom. The van der Waals surface area contributed by atoms with E-state index in [0.717, 1.165) is 13.0 Å². The number of amides is 1. The van der Waals surface area contributed by atoms with Crippen molar-refractivity contribution < 1.29 is 4.79 Å². The van der Waals surface area contributed by atoms with Crippen LogP contribution in [0.4, 0.5) is 0 Å². The molecule has 0 saturated carbocycles. The molecule has 3 nitrogen and oxygen atoms in total. The van der Waals surface area contributed by atoms with Crippen LogP contribution < -0.4 is 11.1 Å². The van der Waals surface area contributed by atoms with E-state index >= 15 is 0 Å². The molecule has 0 aliphatic carbocycles. The summed E-state index contributed by atoms with van der Waals surface area (Å²) < 4.78 is 0. The zero-order valence-electron chi connectivity index (χ0n) is 10.6. The minimum absolute atomic E-state index is 0.162. The van der Waals surface area contributed by atoms with Crippen LogP contribution in [0.25, 0.3) is 0 Å². The molecule has 0 aliphatic rings. The maximum Gasteiger partial charge on any atom is 0.218 e. The highest BCUT2D eigenvalue weighted by molar-refractivity contribution is 5.74. The third kappa shape index (κ3) is 5.50. The second kappa shape index (κ2) is 7.07. The number of hydrogen-bond donors (Lipinski definition) is 2. The fraction of sp³-hybridized carbons (Fsp3) is 0.500. The van der Waals surface area contributed by atoms with Crippen LogP contribution >= 0.6 is 0 Å². The summed E-state index contributed by atoms with van der Waals surface area (Å²) in [6, 6.07) is 10.6. The van der Waals surface area contributed by atoms with Crippen LogP contribution in [0.2, 0.25) is 0 Å². The minimum Gasteiger partial charge on any atom is -0.370 e. The van der Waals surface area contributed by atoms with Gasteiger partial charge in [0.2, 0.25) is 5.91 Å². The largest absolute Gasteiger partial charge is 0.370 e. The van der Waals surface area contributed by atoms with E-state index in [1.165, 1.54) is 5.56 Å². The number of carbonyl (C=O) groups is 1. The van der Waals surface area contributed by atoms with Gasteiger partial charge in [-0.2, -0.15) is 0 Å². The van der Waals surface area contributed by atoms with Gasteiger partial charge >= 0.3 is 0 Å². The molecular weight excluding hydrogens is 212 g/mol.